The Morgan fingerprint density at radius 3 is 2.18 bits per heavy atom. The maximum atomic E-state index is 13.2. The van der Waals surface area contributed by atoms with Gasteiger partial charge in [0.15, 0.2) is 0 Å². The van der Waals surface area contributed by atoms with Crippen molar-refractivity contribution in [1.29, 1.82) is 0 Å². The number of rotatable bonds is 12. The number of thiol groups is 1. The van der Waals surface area contributed by atoms with Gasteiger partial charge in [-0.1, -0.05) is 26.0 Å². The van der Waals surface area contributed by atoms with Crippen molar-refractivity contribution >= 4 is 36.3 Å². The smallest absolute Gasteiger partial charge is 0.327 e. The van der Waals surface area contributed by atoms with E-state index in [0.717, 1.165) is 13.0 Å². The second kappa shape index (κ2) is 13.2. The third kappa shape index (κ3) is 8.53. The van der Waals surface area contributed by atoms with E-state index in [9.17, 15) is 29.4 Å². The molecule has 1 aliphatic heterocycles. The van der Waals surface area contributed by atoms with Crippen LogP contribution in [0.1, 0.15) is 38.7 Å². The van der Waals surface area contributed by atoms with Gasteiger partial charge in [0, 0.05) is 12.2 Å². The third-order valence-electron chi connectivity index (χ3n) is 5.52. The van der Waals surface area contributed by atoms with E-state index < -0.39 is 42.0 Å². The van der Waals surface area contributed by atoms with Crippen molar-refractivity contribution in [2.45, 2.75) is 63.7 Å². The number of aromatic hydroxyl groups is 1. The van der Waals surface area contributed by atoms with Crippen LogP contribution in [-0.2, 0) is 25.6 Å². The lowest BCUT2D eigenvalue weighted by atomic mass is 10.0. The van der Waals surface area contributed by atoms with E-state index in [0.29, 0.717) is 12.0 Å². The fourth-order valence-corrected chi connectivity index (χ4v) is 3.94. The van der Waals surface area contributed by atoms with E-state index >= 15 is 0 Å². The summed E-state index contributed by atoms with van der Waals surface area (Å²) in [7, 11) is 0. The van der Waals surface area contributed by atoms with Gasteiger partial charge in [0.1, 0.15) is 23.9 Å². The molecule has 1 aromatic rings. The molecule has 1 aromatic carbocycles. The Bertz CT molecular complexity index is 858. The van der Waals surface area contributed by atoms with Crippen molar-refractivity contribution < 1.29 is 29.4 Å². The molecule has 0 saturated carbocycles. The molecule has 4 atom stereocenters. The van der Waals surface area contributed by atoms with Crippen LogP contribution in [0, 0.1) is 5.92 Å². The molecule has 34 heavy (non-hydrogen) atoms. The van der Waals surface area contributed by atoms with Gasteiger partial charge in [-0.3, -0.25) is 14.4 Å². The summed E-state index contributed by atoms with van der Waals surface area (Å²) in [6.45, 7) is 4.47. The van der Waals surface area contributed by atoms with Crippen molar-refractivity contribution in [1.82, 2.24) is 21.3 Å². The van der Waals surface area contributed by atoms with Crippen LogP contribution in [0.4, 0.5) is 0 Å². The summed E-state index contributed by atoms with van der Waals surface area (Å²) in [6, 6.07) is 2.74. The number of carbonyl (C=O) groups is 4. The van der Waals surface area contributed by atoms with Gasteiger partial charge in [-0.05, 0) is 49.4 Å². The second-order valence-corrected chi connectivity index (χ2v) is 9.22. The fraction of sp³-hybridized carbons (Fsp3) is 0.565. The lowest BCUT2D eigenvalue weighted by Gasteiger charge is -2.26. The highest BCUT2D eigenvalue weighted by Gasteiger charge is 2.31. The van der Waals surface area contributed by atoms with Crippen LogP contribution < -0.4 is 21.3 Å². The molecule has 11 heteroatoms. The first-order valence-corrected chi connectivity index (χ1v) is 12.0. The molecule has 1 aliphatic rings. The van der Waals surface area contributed by atoms with E-state index in [-0.39, 0.29) is 36.2 Å². The summed E-state index contributed by atoms with van der Waals surface area (Å²) >= 11 is 3.96. The van der Waals surface area contributed by atoms with Gasteiger partial charge >= 0.3 is 5.97 Å². The largest absolute Gasteiger partial charge is 0.508 e. The first-order chi connectivity index (χ1) is 16.1. The van der Waals surface area contributed by atoms with Crippen LogP contribution in [0.25, 0.3) is 0 Å². The first-order valence-electron chi connectivity index (χ1n) is 11.4. The van der Waals surface area contributed by atoms with Crippen molar-refractivity contribution in [2.24, 2.45) is 5.92 Å². The molecule has 0 radical (unpaired) electrons. The molecule has 0 spiro atoms. The van der Waals surface area contributed by atoms with Gasteiger partial charge in [-0.15, -0.1) is 0 Å². The van der Waals surface area contributed by atoms with E-state index in [4.69, 9.17) is 0 Å². The minimum Gasteiger partial charge on any atom is -0.508 e. The topological polar surface area (TPSA) is 157 Å². The zero-order valence-corrected chi connectivity index (χ0v) is 20.3. The molecule has 3 amide bonds. The van der Waals surface area contributed by atoms with Gasteiger partial charge in [0.2, 0.25) is 17.7 Å². The Kier molecular flexibility index (Phi) is 10.6. The maximum Gasteiger partial charge on any atom is 0.327 e. The average Bonchev–Trinajstić information content (AvgIpc) is 3.32. The van der Waals surface area contributed by atoms with Crippen LogP contribution in [0.15, 0.2) is 24.3 Å². The summed E-state index contributed by atoms with van der Waals surface area (Å²) < 4.78 is 0. The quantitative estimate of drug-likeness (QED) is 0.205. The molecule has 4 unspecified atom stereocenters. The number of phenols is 1. The normalized spacial score (nSPS) is 18.1. The zero-order chi connectivity index (χ0) is 25.3. The van der Waals surface area contributed by atoms with Gasteiger partial charge in [0.05, 0.1) is 6.04 Å². The molecule has 0 aromatic heterocycles. The van der Waals surface area contributed by atoms with Crippen molar-refractivity contribution in [2.75, 3.05) is 12.3 Å². The monoisotopic (exact) mass is 494 g/mol. The lowest BCUT2D eigenvalue weighted by Crippen LogP contribution is -2.58. The number of amides is 3. The maximum absolute atomic E-state index is 13.2. The lowest BCUT2D eigenvalue weighted by molar-refractivity contribution is -0.141. The Morgan fingerprint density at radius 2 is 1.65 bits per heavy atom. The number of phenolic OH excluding ortho intramolecular Hbond substituents is 1. The van der Waals surface area contributed by atoms with Crippen LogP contribution in [0.5, 0.6) is 5.75 Å². The minimum absolute atomic E-state index is 0.0307. The SMILES string of the molecule is CC(C)CC(NC(=O)C(Cc1ccc(O)cc1)NC(=O)C1CCCN1)C(=O)NC(CS)C(=O)O. The van der Waals surface area contributed by atoms with E-state index in [2.05, 4.69) is 33.9 Å². The Hall–Kier alpha value is -2.79. The van der Waals surface area contributed by atoms with Crippen molar-refractivity contribution in [3.05, 3.63) is 29.8 Å². The number of nitrogens with one attached hydrogen (secondary N) is 4. The van der Waals surface area contributed by atoms with Gasteiger partial charge < -0.3 is 31.5 Å². The highest BCUT2D eigenvalue weighted by molar-refractivity contribution is 7.80. The predicted octanol–water partition coefficient (Wildman–Crippen LogP) is 0.202. The number of carboxylic acid groups (broad SMARTS) is 1. The van der Waals surface area contributed by atoms with Crippen LogP contribution in [0.2, 0.25) is 0 Å². The summed E-state index contributed by atoms with van der Waals surface area (Å²) in [5.74, 6) is -2.70. The number of aliphatic carboxylic acids is 1. The fourth-order valence-electron chi connectivity index (χ4n) is 3.69. The van der Waals surface area contributed by atoms with Crippen LogP contribution in [-0.4, -0.2) is 70.4 Å². The van der Waals surface area contributed by atoms with Gasteiger partial charge in [-0.2, -0.15) is 12.6 Å². The molecule has 1 heterocycles. The van der Waals surface area contributed by atoms with E-state index in [1.807, 2.05) is 13.8 Å². The predicted molar refractivity (Wildman–Crippen MR) is 130 cm³/mol. The molecule has 10 nitrogen and oxygen atoms in total. The number of carboxylic acids is 1. The first kappa shape index (κ1) is 27.5. The van der Waals surface area contributed by atoms with Crippen LogP contribution in [0.3, 0.4) is 0 Å². The Morgan fingerprint density at radius 1 is 1.03 bits per heavy atom. The highest BCUT2D eigenvalue weighted by Crippen LogP contribution is 2.13. The molecule has 0 aliphatic carbocycles. The molecular formula is C23H34N4O6S. The molecule has 188 valence electrons. The van der Waals surface area contributed by atoms with Crippen LogP contribution >= 0.6 is 12.6 Å². The summed E-state index contributed by atoms with van der Waals surface area (Å²) in [6.07, 6.45) is 1.95. The molecule has 1 saturated heterocycles. The van der Waals surface area contributed by atoms with Gasteiger partial charge in [-0.25, -0.2) is 4.79 Å². The highest BCUT2D eigenvalue weighted by atomic mass is 32.1. The number of hydrogen-bond acceptors (Lipinski definition) is 7. The number of carbonyl (C=O) groups excluding carboxylic acids is 3. The Balaban J connectivity index is 2.18. The summed E-state index contributed by atoms with van der Waals surface area (Å²) in [5, 5.41) is 29.7. The summed E-state index contributed by atoms with van der Waals surface area (Å²) in [5.41, 5.74) is 0.712. The molecular weight excluding hydrogens is 460 g/mol. The molecule has 6 N–H and O–H groups in total. The number of hydrogen-bond donors (Lipinski definition) is 7. The molecule has 2 rings (SSSR count). The minimum atomic E-state index is -1.22. The van der Waals surface area contributed by atoms with E-state index in [1.54, 1.807) is 12.1 Å². The molecule has 0 bridgehead atoms. The summed E-state index contributed by atoms with van der Waals surface area (Å²) in [4.78, 5) is 50.0. The third-order valence-corrected chi connectivity index (χ3v) is 5.89. The van der Waals surface area contributed by atoms with Gasteiger partial charge in [0.25, 0.3) is 0 Å². The second-order valence-electron chi connectivity index (χ2n) is 8.85. The standard InChI is InChI=1S/C23H34N4O6S/c1-13(2)10-17(21(30)27-19(12-34)23(32)33)25-22(31)18(11-14-5-7-15(28)8-6-14)26-20(29)16-4-3-9-24-16/h5-8,13,16-19,24,28,34H,3-4,9-12H2,1-2H3,(H,25,31)(H,26,29)(H,27,30)(H,32,33). The Labute approximate surface area is 204 Å². The number of benzene rings is 1. The molecule has 1 fully saturated rings. The van der Waals surface area contributed by atoms with Crippen molar-refractivity contribution in [3.8, 4) is 5.75 Å². The zero-order valence-electron chi connectivity index (χ0n) is 19.4. The van der Waals surface area contributed by atoms with E-state index in [1.165, 1.54) is 12.1 Å². The average molecular weight is 495 g/mol. The van der Waals surface area contributed by atoms with Crippen molar-refractivity contribution in [3.63, 3.8) is 0 Å².